The first-order valence-corrected chi connectivity index (χ1v) is 15.1. The number of rotatable bonds is 12. The van der Waals surface area contributed by atoms with Gasteiger partial charge in [0.2, 0.25) is 0 Å². The Morgan fingerprint density at radius 3 is 2.33 bits per heavy atom. The summed E-state index contributed by atoms with van der Waals surface area (Å²) in [6.07, 6.45) is 1.45. The molecule has 8 nitrogen and oxygen atoms in total. The molecule has 0 saturated carbocycles. The summed E-state index contributed by atoms with van der Waals surface area (Å²) < 4.78 is 40.0. The molecule has 0 fully saturated rings. The first kappa shape index (κ1) is 30.6. The van der Waals surface area contributed by atoms with Gasteiger partial charge in [-0.15, -0.1) is 0 Å². The molecule has 0 radical (unpaired) electrons. The minimum Gasteiger partial charge on any atom is -0.490 e. The molecule has 0 aliphatic carbocycles. The van der Waals surface area contributed by atoms with Crippen LogP contribution in [0.5, 0.6) is 11.5 Å². The largest absolute Gasteiger partial charge is 0.490 e. The van der Waals surface area contributed by atoms with Crippen molar-refractivity contribution < 1.29 is 22.7 Å². The Labute approximate surface area is 251 Å². The third-order valence-corrected chi connectivity index (χ3v) is 8.28. The van der Waals surface area contributed by atoms with E-state index in [0.717, 1.165) is 15.4 Å². The van der Waals surface area contributed by atoms with Crippen LogP contribution >= 0.6 is 11.6 Å². The normalized spacial score (nSPS) is 11.3. The number of halogens is 1. The lowest BCUT2D eigenvalue weighted by Crippen LogP contribution is -2.40. The zero-order chi connectivity index (χ0) is 30.1. The van der Waals surface area contributed by atoms with E-state index < -0.39 is 22.5 Å². The molecule has 218 valence electrons. The summed E-state index contributed by atoms with van der Waals surface area (Å²) in [6, 6.07) is 26.2. The number of ether oxygens (including phenoxy) is 2. The van der Waals surface area contributed by atoms with Gasteiger partial charge < -0.3 is 9.47 Å². The van der Waals surface area contributed by atoms with E-state index in [1.54, 1.807) is 67.6 Å². The Hall–Kier alpha value is -4.34. The van der Waals surface area contributed by atoms with Gasteiger partial charge in [0.1, 0.15) is 13.2 Å². The zero-order valence-electron chi connectivity index (χ0n) is 23.6. The van der Waals surface area contributed by atoms with E-state index in [1.165, 1.54) is 18.3 Å². The number of carbonyl (C=O) groups is 1. The highest BCUT2D eigenvalue weighted by Gasteiger charge is 2.28. The van der Waals surface area contributed by atoms with E-state index in [4.69, 9.17) is 21.1 Å². The smallest absolute Gasteiger partial charge is 0.264 e. The predicted octanol–water partition coefficient (Wildman–Crippen LogP) is 6.28. The number of carbonyl (C=O) groups excluding carboxylic acids is 1. The summed E-state index contributed by atoms with van der Waals surface area (Å²) in [5, 5.41) is 4.71. The summed E-state index contributed by atoms with van der Waals surface area (Å²) in [7, 11) is -4.03. The molecule has 0 atom stereocenters. The molecular formula is C32H32ClN3O5S. The van der Waals surface area contributed by atoms with Crippen molar-refractivity contribution in [1.29, 1.82) is 0 Å². The van der Waals surface area contributed by atoms with Crippen LogP contribution in [0.2, 0.25) is 5.02 Å². The van der Waals surface area contributed by atoms with Crippen molar-refractivity contribution in [2.24, 2.45) is 5.10 Å². The fourth-order valence-corrected chi connectivity index (χ4v) is 5.67. The monoisotopic (exact) mass is 605 g/mol. The summed E-state index contributed by atoms with van der Waals surface area (Å²) in [6.45, 7) is 5.85. The van der Waals surface area contributed by atoms with Crippen LogP contribution in [0.3, 0.4) is 0 Å². The number of hydrogen-bond donors (Lipinski definition) is 1. The van der Waals surface area contributed by atoms with Crippen molar-refractivity contribution in [3.8, 4) is 11.5 Å². The van der Waals surface area contributed by atoms with Crippen LogP contribution in [0.25, 0.3) is 0 Å². The van der Waals surface area contributed by atoms with Crippen molar-refractivity contribution >= 4 is 39.4 Å². The Bertz CT molecular complexity index is 1660. The SMILES string of the molecule is CCOc1cc(/C=N\NC(=O)CN(c2ccccc2C)S(=O)(=O)c2ccc(C)cc2)ccc1OCc1ccc(Cl)cc1. The van der Waals surface area contributed by atoms with Gasteiger partial charge in [-0.25, -0.2) is 13.8 Å². The summed E-state index contributed by atoms with van der Waals surface area (Å²) in [4.78, 5) is 13.0. The number of hydrazone groups is 1. The molecule has 0 bridgehead atoms. The van der Waals surface area contributed by atoms with Gasteiger partial charge in [0.05, 0.1) is 23.4 Å². The number of nitrogens with zero attached hydrogens (tertiary/aromatic N) is 2. The van der Waals surface area contributed by atoms with Gasteiger partial charge in [-0.05, 0) is 86.0 Å². The van der Waals surface area contributed by atoms with Crippen LogP contribution in [-0.4, -0.2) is 33.7 Å². The maximum atomic E-state index is 13.6. The standard InChI is InChI=1S/C32H32ClN3O5S/c1-4-40-31-19-26(13-18-30(31)41-22-25-11-14-27(33)15-12-25)20-34-35-32(37)21-36(29-8-6-5-7-24(29)3)42(38,39)28-16-9-23(2)10-17-28/h5-20H,4,21-22H2,1-3H3,(H,35,37)/b34-20-. The van der Waals surface area contributed by atoms with E-state index in [1.807, 2.05) is 32.0 Å². The summed E-state index contributed by atoms with van der Waals surface area (Å²) in [5.74, 6) is 0.484. The van der Waals surface area contributed by atoms with Gasteiger partial charge in [0.15, 0.2) is 11.5 Å². The molecule has 0 aromatic heterocycles. The number of hydrogen-bond acceptors (Lipinski definition) is 6. The number of aryl methyl sites for hydroxylation is 2. The Balaban J connectivity index is 1.47. The van der Waals surface area contributed by atoms with Crippen molar-refractivity contribution in [2.45, 2.75) is 32.3 Å². The van der Waals surface area contributed by atoms with Crippen molar-refractivity contribution in [3.05, 3.63) is 118 Å². The molecule has 0 unspecified atom stereocenters. The van der Waals surface area contributed by atoms with Crippen molar-refractivity contribution in [3.63, 3.8) is 0 Å². The number of anilines is 1. The van der Waals surface area contributed by atoms with Crippen LogP contribution < -0.4 is 19.2 Å². The fourth-order valence-electron chi connectivity index (χ4n) is 4.06. The second-order valence-corrected chi connectivity index (χ2v) is 11.8. The molecule has 42 heavy (non-hydrogen) atoms. The quantitative estimate of drug-likeness (QED) is 0.151. The van der Waals surface area contributed by atoms with Gasteiger partial charge >= 0.3 is 0 Å². The van der Waals surface area contributed by atoms with E-state index in [-0.39, 0.29) is 4.90 Å². The van der Waals surface area contributed by atoms with E-state index >= 15 is 0 Å². The molecule has 4 aromatic rings. The second kappa shape index (κ2) is 14.0. The minimum atomic E-state index is -4.03. The van der Waals surface area contributed by atoms with Crippen LogP contribution in [0.15, 0.2) is 101 Å². The number of sulfonamides is 1. The number of para-hydroxylation sites is 1. The number of nitrogens with one attached hydrogen (secondary N) is 1. The lowest BCUT2D eigenvalue weighted by Gasteiger charge is -2.25. The molecule has 0 spiro atoms. The fraction of sp³-hybridized carbons (Fsp3) is 0.188. The van der Waals surface area contributed by atoms with E-state index in [0.29, 0.717) is 46.5 Å². The van der Waals surface area contributed by atoms with Gasteiger partial charge in [0.25, 0.3) is 15.9 Å². The van der Waals surface area contributed by atoms with Gasteiger partial charge in [0, 0.05) is 5.02 Å². The highest BCUT2D eigenvalue weighted by atomic mass is 35.5. The predicted molar refractivity (Wildman–Crippen MR) is 166 cm³/mol. The highest BCUT2D eigenvalue weighted by molar-refractivity contribution is 7.92. The molecule has 1 N–H and O–H groups in total. The average Bonchev–Trinajstić information content (AvgIpc) is 2.97. The molecule has 4 aromatic carbocycles. The van der Waals surface area contributed by atoms with Crippen LogP contribution in [0.4, 0.5) is 5.69 Å². The van der Waals surface area contributed by atoms with Crippen LogP contribution in [-0.2, 0) is 21.4 Å². The van der Waals surface area contributed by atoms with Crippen molar-refractivity contribution in [1.82, 2.24) is 5.43 Å². The lowest BCUT2D eigenvalue weighted by molar-refractivity contribution is -0.119. The van der Waals surface area contributed by atoms with Gasteiger partial charge in [-0.1, -0.05) is 59.6 Å². The molecule has 1 amide bonds. The van der Waals surface area contributed by atoms with E-state index in [9.17, 15) is 13.2 Å². The third-order valence-electron chi connectivity index (χ3n) is 6.26. The third kappa shape index (κ3) is 7.90. The molecule has 10 heteroatoms. The first-order chi connectivity index (χ1) is 20.2. The van der Waals surface area contributed by atoms with Gasteiger partial charge in [-0.3, -0.25) is 9.10 Å². The maximum Gasteiger partial charge on any atom is 0.264 e. The number of benzene rings is 4. The second-order valence-electron chi connectivity index (χ2n) is 9.46. The first-order valence-electron chi connectivity index (χ1n) is 13.3. The average molecular weight is 606 g/mol. The minimum absolute atomic E-state index is 0.0921. The molecular weight excluding hydrogens is 574 g/mol. The number of amides is 1. The highest BCUT2D eigenvalue weighted by Crippen LogP contribution is 2.29. The molecule has 0 aliphatic rings. The Morgan fingerprint density at radius 2 is 1.64 bits per heavy atom. The van der Waals surface area contributed by atoms with Gasteiger partial charge in [-0.2, -0.15) is 5.10 Å². The van der Waals surface area contributed by atoms with Crippen LogP contribution in [0, 0.1) is 13.8 Å². The molecule has 4 rings (SSSR count). The molecule has 0 aliphatic heterocycles. The summed E-state index contributed by atoms with van der Waals surface area (Å²) >= 11 is 5.95. The lowest BCUT2D eigenvalue weighted by atomic mass is 10.2. The summed E-state index contributed by atoms with van der Waals surface area (Å²) in [5.41, 5.74) is 6.11. The maximum absolute atomic E-state index is 13.6. The topological polar surface area (TPSA) is 97.3 Å². The van der Waals surface area contributed by atoms with Crippen molar-refractivity contribution in [2.75, 3.05) is 17.5 Å². The van der Waals surface area contributed by atoms with E-state index in [2.05, 4.69) is 10.5 Å². The Morgan fingerprint density at radius 1 is 0.929 bits per heavy atom. The molecule has 0 saturated heterocycles. The zero-order valence-corrected chi connectivity index (χ0v) is 25.2. The Kier molecular flexibility index (Phi) is 10.2. The van der Waals surface area contributed by atoms with Crippen LogP contribution in [0.1, 0.15) is 29.2 Å². The molecule has 0 heterocycles.